The van der Waals surface area contributed by atoms with E-state index in [1.54, 1.807) is 7.11 Å². The van der Waals surface area contributed by atoms with E-state index in [1.165, 1.54) is 0 Å². The average molecular weight is 302 g/mol. The number of rotatable bonds is 3. The van der Waals surface area contributed by atoms with E-state index >= 15 is 0 Å². The Bertz CT molecular complexity index is 609. The monoisotopic (exact) mass is 302 g/mol. The number of ether oxygens (including phenoxy) is 1. The van der Waals surface area contributed by atoms with Gasteiger partial charge >= 0.3 is 51.4 Å². The van der Waals surface area contributed by atoms with Gasteiger partial charge in [-0.15, -0.1) is 0 Å². The van der Waals surface area contributed by atoms with Crippen molar-refractivity contribution >= 4 is 23.9 Å². The molecule has 1 aromatic heterocycles. The Morgan fingerprint density at radius 3 is 2.68 bits per heavy atom. The third-order valence-electron chi connectivity index (χ3n) is 2.66. The van der Waals surface area contributed by atoms with Crippen LogP contribution in [0.4, 0.5) is 11.6 Å². The van der Waals surface area contributed by atoms with E-state index in [2.05, 4.69) is 9.97 Å². The van der Waals surface area contributed by atoms with E-state index in [0.717, 1.165) is 16.9 Å². The van der Waals surface area contributed by atoms with Crippen molar-refractivity contribution in [3.8, 4) is 5.75 Å². The van der Waals surface area contributed by atoms with Crippen LogP contribution in [0, 0.1) is 4.77 Å². The van der Waals surface area contributed by atoms with Crippen molar-refractivity contribution in [2.24, 2.45) is 0 Å². The van der Waals surface area contributed by atoms with E-state index in [-0.39, 0.29) is 57.6 Å². The van der Waals surface area contributed by atoms with Crippen LogP contribution in [0.25, 0.3) is 0 Å². The molecule has 96 valence electrons. The van der Waals surface area contributed by atoms with Crippen molar-refractivity contribution in [3.63, 3.8) is 0 Å². The fourth-order valence-electron chi connectivity index (χ4n) is 1.76. The summed E-state index contributed by atoms with van der Waals surface area (Å²) in [5, 5.41) is 0. The summed E-state index contributed by atoms with van der Waals surface area (Å²) < 4.78 is 5.57. The quantitative estimate of drug-likeness (QED) is 0.501. The molecule has 1 aromatic carbocycles. The zero-order valence-corrected chi connectivity index (χ0v) is 14.9. The Morgan fingerprint density at radius 2 is 2.05 bits per heavy atom. The standard InChI is InChI=1S/C12H14N4OS.K.H/c1-17-9-5-3-2-4-7(9)6-8-10(13)15-12(18)16-11(8)14;;/h2-5H,6H2,1H3,(H5,13,14,15,16,18);;/q;+1;-1. The van der Waals surface area contributed by atoms with Gasteiger partial charge in [0.1, 0.15) is 17.4 Å². The number of methoxy groups -OCH3 is 1. The minimum Gasteiger partial charge on any atom is -1.00 e. The largest absolute Gasteiger partial charge is 1.00 e. The van der Waals surface area contributed by atoms with Crippen LogP contribution in [-0.4, -0.2) is 17.1 Å². The van der Waals surface area contributed by atoms with E-state index in [9.17, 15) is 0 Å². The zero-order chi connectivity index (χ0) is 13.1. The summed E-state index contributed by atoms with van der Waals surface area (Å²) in [5.74, 6) is 1.58. The fraction of sp³-hybridized carbons (Fsp3) is 0.167. The molecule has 0 fully saturated rings. The van der Waals surface area contributed by atoms with Crippen molar-refractivity contribution in [1.29, 1.82) is 0 Å². The molecule has 0 amide bonds. The van der Waals surface area contributed by atoms with Crippen molar-refractivity contribution in [1.82, 2.24) is 9.97 Å². The number of aromatic nitrogens is 2. The first kappa shape index (κ1) is 16.6. The number of benzene rings is 1. The topological polar surface area (TPSA) is 90.0 Å². The van der Waals surface area contributed by atoms with Gasteiger partial charge in [0, 0.05) is 12.0 Å². The van der Waals surface area contributed by atoms with Crippen molar-refractivity contribution in [2.45, 2.75) is 6.42 Å². The molecule has 19 heavy (non-hydrogen) atoms. The molecule has 5 N–H and O–H groups in total. The van der Waals surface area contributed by atoms with Gasteiger partial charge in [-0.25, -0.2) is 4.98 Å². The van der Waals surface area contributed by atoms with Gasteiger partial charge in [0.15, 0.2) is 4.77 Å². The fourth-order valence-corrected chi connectivity index (χ4v) is 1.97. The normalized spacial score (nSPS) is 9.74. The van der Waals surface area contributed by atoms with E-state index in [0.29, 0.717) is 18.1 Å². The molecule has 0 aliphatic heterocycles. The molecule has 0 aliphatic rings. The number of nitrogens with zero attached hydrogens (tertiary/aromatic N) is 1. The van der Waals surface area contributed by atoms with Crippen molar-refractivity contribution < 1.29 is 57.5 Å². The number of anilines is 2. The second kappa shape index (κ2) is 7.37. The zero-order valence-electron chi connectivity index (χ0n) is 11.9. The van der Waals surface area contributed by atoms with Gasteiger partial charge < -0.3 is 22.6 Å². The number of hydrogen-bond acceptors (Lipinski definition) is 5. The third kappa shape index (κ3) is 4.01. The molecule has 7 heteroatoms. The second-order valence-electron chi connectivity index (χ2n) is 3.81. The van der Waals surface area contributed by atoms with E-state index < -0.39 is 0 Å². The first-order valence-corrected chi connectivity index (χ1v) is 5.78. The number of nitrogens with one attached hydrogen (secondary N) is 1. The minimum absolute atomic E-state index is 0. The number of nitrogen functional groups attached to an aromatic ring is 2. The molecule has 0 saturated carbocycles. The van der Waals surface area contributed by atoms with Gasteiger partial charge in [-0.1, -0.05) is 18.2 Å². The molecule has 2 aromatic rings. The predicted molar refractivity (Wildman–Crippen MR) is 75.2 cm³/mol. The number of para-hydroxylation sites is 1. The van der Waals surface area contributed by atoms with Gasteiger partial charge in [0.25, 0.3) is 0 Å². The molecular formula is C12H15KN4OS. The molecule has 0 radical (unpaired) electrons. The summed E-state index contributed by atoms with van der Waals surface area (Å²) in [7, 11) is 1.63. The van der Waals surface area contributed by atoms with Crippen LogP contribution >= 0.6 is 12.2 Å². The summed E-state index contributed by atoms with van der Waals surface area (Å²) in [6, 6.07) is 7.69. The number of nitrogens with two attached hydrogens (primary N) is 2. The van der Waals surface area contributed by atoms with E-state index in [1.807, 2.05) is 24.3 Å². The van der Waals surface area contributed by atoms with Crippen molar-refractivity contribution in [2.75, 3.05) is 18.6 Å². The Kier molecular flexibility index (Phi) is 6.44. The first-order valence-electron chi connectivity index (χ1n) is 5.38. The predicted octanol–water partition coefficient (Wildman–Crippen LogP) is -0.981. The molecule has 0 spiro atoms. The third-order valence-corrected chi connectivity index (χ3v) is 2.85. The smallest absolute Gasteiger partial charge is 1.00 e. The van der Waals surface area contributed by atoms with Crippen LogP contribution in [0.1, 0.15) is 12.6 Å². The van der Waals surface area contributed by atoms with Gasteiger partial charge in [-0.05, 0) is 23.8 Å². The molecular weight excluding hydrogens is 287 g/mol. The average Bonchev–Trinajstić information content (AvgIpc) is 2.34. The molecule has 0 saturated heterocycles. The summed E-state index contributed by atoms with van der Waals surface area (Å²) in [4.78, 5) is 6.80. The van der Waals surface area contributed by atoms with Crippen LogP contribution < -0.4 is 67.6 Å². The maximum absolute atomic E-state index is 5.88. The first-order chi connectivity index (χ1) is 8.61. The number of aromatic amines is 1. The molecule has 0 atom stereocenters. The Hall–Kier alpha value is -0.444. The summed E-state index contributed by atoms with van der Waals surface area (Å²) >= 11 is 4.91. The van der Waals surface area contributed by atoms with Gasteiger partial charge in [0.2, 0.25) is 0 Å². The molecule has 5 nitrogen and oxygen atoms in total. The summed E-state index contributed by atoms with van der Waals surface area (Å²) in [6.07, 6.45) is 0.542. The summed E-state index contributed by atoms with van der Waals surface area (Å²) in [6.45, 7) is 0. The Balaban J connectivity index is 0.00000180. The Morgan fingerprint density at radius 1 is 1.37 bits per heavy atom. The second-order valence-corrected chi connectivity index (χ2v) is 4.19. The van der Waals surface area contributed by atoms with Crippen LogP contribution in [-0.2, 0) is 6.42 Å². The molecule has 0 unspecified atom stereocenters. The van der Waals surface area contributed by atoms with Crippen LogP contribution in [0.3, 0.4) is 0 Å². The van der Waals surface area contributed by atoms with Crippen LogP contribution in [0.5, 0.6) is 5.75 Å². The Labute approximate surface area is 160 Å². The molecule has 2 rings (SSSR count). The van der Waals surface area contributed by atoms with Gasteiger partial charge in [-0.3, -0.25) is 0 Å². The molecule has 1 heterocycles. The number of H-pyrrole nitrogens is 1. The van der Waals surface area contributed by atoms with Crippen LogP contribution in [0.15, 0.2) is 24.3 Å². The molecule has 0 aliphatic carbocycles. The van der Waals surface area contributed by atoms with E-state index in [4.69, 9.17) is 28.4 Å². The number of hydrogen-bond donors (Lipinski definition) is 3. The summed E-state index contributed by atoms with van der Waals surface area (Å²) in [5.41, 5.74) is 13.4. The SMILES string of the molecule is COc1ccccc1Cc1c(N)nc(=S)[nH]c1N.[H-].[K+]. The van der Waals surface area contributed by atoms with Crippen LogP contribution in [0.2, 0.25) is 0 Å². The van der Waals surface area contributed by atoms with Gasteiger partial charge in [-0.2, -0.15) is 0 Å². The maximum atomic E-state index is 5.88. The van der Waals surface area contributed by atoms with Gasteiger partial charge in [0.05, 0.1) is 7.11 Å². The maximum Gasteiger partial charge on any atom is 1.00 e. The minimum atomic E-state index is 0. The van der Waals surface area contributed by atoms with Crippen molar-refractivity contribution in [3.05, 3.63) is 40.2 Å². The molecule has 0 bridgehead atoms.